The summed E-state index contributed by atoms with van der Waals surface area (Å²) in [4.78, 5) is 4.15. The minimum absolute atomic E-state index is 0.757. The Hall–Kier alpha value is -1.37. The topological polar surface area (TPSA) is 12.4 Å². The Morgan fingerprint density at radius 1 is 1.33 bits per heavy atom. The third-order valence-electron chi connectivity index (χ3n) is 1.58. The third-order valence-corrected chi connectivity index (χ3v) is 1.58. The van der Waals surface area contributed by atoms with Crippen molar-refractivity contribution in [3.8, 4) is 0 Å². The first-order valence-electron chi connectivity index (χ1n) is 3.99. The molecule has 1 rings (SSSR count). The summed E-state index contributed by atoms with van der Waals surface area (Å²) in [5.41, 5.74) is 2.22. The molecule has 1 aliphatic rings. The fraction of sp³-hybridized carbons (Fsp3) is 0.182. The lowest BCUT2D eigenvalue weighted by molar-refractivity contribution is 1.23. The molecule has 0 aromatic rings. The molecule has 1 nitrogen and oxygen atoms in total. The van der Waals surface area contributed by atoms with Gasteiger partial charge in [0.05, 0.1) is 6.54 Å². The highest BCUT2D eigenvalue weighted by Gasteiger charge is 1.84. The summed E-state index contributed by atoms with van der Waals surface area (Å²) < 4.78 is 0. The molecule has 62 valence electrons. The summed E-state index contributed by atoms with van der Waals surface area (Å²) in [5.74, 6) is 0. The average Bonchev–Trinajstić information content (AvgIpc) is 2.07. The molecule has 1 heteroatoms. The van der Waals surface area contributed by atoms with E-state index in [2.05, 4.69) is 24.6 Å². The molecule has 0 bridgehead atoms. The van der Waals surface area contributed by atoms with E-state index in [1.54, 1.807) is 6.21 Å². The van der Waals surface area contributed by atoms with E-state index in [9.17, 15) is 0 Å². The Morgan fingerprint density at radius 2 is 2.17 bits per heavy atom. The van der Waals surface area contributed by atoms with E-state index in [4.69, 9.17) is 0 Å². The van der Waals surface area contributed by atoms with E-state index < -0.39 is 0 Å². The number of rotatable bonds is 0. The molecule has 0 aliphatic carbocycles. The highest BCUT2D eigenvalue weighted by molar-refractivity contribution is 5.72. The maximum atomic E-state index is 4.15. The van der Waals surface area contributed by atoms with E-state index in [-0.39, 0.29) is 0 Å². The zero-order valence-electron chi connectivity index (χ0n) is 7.33. The van der Waals surface area contributed by atoms with Gasteiger partial charge in [-0.25, -0.2) is 0 Å². The monoisotopic (exact) mass is 159 g/mol. The van der Waals surface area contributed by atoms with Crippen LogP contribution in [0, 0.1) is 0 Å². The van der Waals surface area contributed by atoms with Crippen LogP contribution in [-0.2, 0) is 0 Å². The van der Waals surface area contributed by atoms with Crippen LogP contribution in [0.2, 0.25) is 0 Å². The van der Waals surface area contributed by atoms with Gasteiger partial charge in [0, 0.05) is 6.21 Å². The summed E-state index contributed by atoms with van der Waals surface area (Å²) in [6.45, 7) is 6.68. The predicted molar refractivity (Wildman–Crippen MR) is 54.5 cm³/mol. The molecular weight excluding hydrogens is 146 g/mol. The van der Waals surface area contributed by atoms with Gasteiger partial charge < -0.3 is 0 Å². The number of allylic oxidation sites excluding steroid dienone is 6. The van der Waals surface area contributed by atoms with Crippen molar-refractivity contribution in [2.24, 2.45) is 4.99 Å². The van der Waals surface area contributed by atoms with Crippen LogP contribution in [0.3, 0.4) is 0 Å². The summed E-state index contributed by atoms with van der Waals surface area (Å²) in [7, 11) is 0. The van der Waals surface area contributed by atoms with Gasteiger partial charge in [-0.05, 0) is 18.6 Å². The first-order valence-corrected chi connectivity index (χ1v) is 3.99. The zero-order valence-corrected chi connectivity index (χ0v) is 7.33. The van der Waals surface area contributed by atoms with Crippen LogP contribution >= 0.6 is 0 Å². The molecule has 0 unspecified atom stereocenters. The lowest BCUT2D eigenvalue weighted by Crippen LogP contribution is -1.79. The van der Waals surface area contributed by atoms with Crippen LogP contribution in [0.25, 0.3) is 0 Å². The highest BCUT2D eigenvalue weighted by Crippen LogP contribution is 2.01. The molecule has 0 saturated heterocycles. The first-order chi connectivity index (χ1) is 5.79. The fourth-order valence-corrected chi connectivity index (χ4v) is 0.847. The van der Waals surface area contributed by atoms with E-state index >= 15 is 0 Å². The molecule has 0 fully saturated rings. The number of aliphatic imine (C=N–C) groups is 1. The van der Waals surface area contributed by atoms with Gasteiger partial charge in [-0.3, -0.25) is 4.99 Å². The largest absolute Gasteiger partial charge is 0.289 e. The lowest BCUT2D eigenvalue weighted by atomic mass is 10.2. The van der Waals surface area contributed by atoms with Gasteiger partial charge in [0.25, 0.3) is 0 Å². The molecule has 0 N–H and O–H groups in total. The van der Waals surface area contributed by atoms with Crippen molar-refractivity contribution in [3.63, 3.8) is 0 Å². The van der Waals surface area contributed by atoms with Crippen LogP contribution in [0.15, 0.2) is 53.1 Å². The van der Waals surface area contributed by atoms with Crippen molar-refractivity contribution in [2.45, 2.75) is 6.92 Å². The van der Waals surface area contributed by atoms with Crippen molar-refractivity contribution >= 4 is 6.21 Å². The van der Waals surface area contributed by atoms with Crippen molar-refractivity contribution in [3.05, 3.63) is 48.1 Å². The molecule has 12 heavy (non-hydrogen) atoms. The maximum Gasteiger partial charge on any atom is 0.0575 e. The summed E-state index contributed by atoms with van der Waals surface area (Å²) >= 11 is 0. The normalized spacial score (nSPS) is 30.1. The molecule has 0 aromatic heterocycles. The van der Waals surface area contributed by atoms with Gasteiger partial charge in [-0.1, -0.05) is 36.5 Å². The SMILES string of the molecule is C=C1/C=C\C=N/C/C=C(C)\C=C/1. The van der Waals surface area contributed by atoms with E-state index in [0.717, 1.165) is 12.1 Å². The molecule has 0 saturated carbocycles. The first kappa shape index (κ1) is 8.72. The van der Waals surface area contributed by atoms with E-state index in [0.29, 0.717) is 0 Å². The average molecular weight is 159 g/mol. The molecule has 0 amide bonds. The molecule has 0 atom stereocenters. The van der Waals surface area contributed by atoms with Gasteiger partial charge >= 0.3 is 0 Å². The molecule has 1 aliphatic heterocycles. The second-order valence-electron chi connectivity index (χ2n) is 2.73. The standard InChI is InChI=1S/C11H13N/c1-10-4-3-8-12-9-7-11(2)6-5-10/h3-8H,1,9H2,2H3/b4-3-,6-5-,11-7-,12-8-. The predicted octanol–water partition coefficient (Wildman–Crippen LogP) is 2.69. The Bertz CT molecular complexity index is 273. The number of nitrogens with zero attached hydrogens (tertiary/aromatic N) is 1. The van der Waals surface area contributed by atoms with Crippen molar-refractivity contribution < 1.29 is 0 Å². The Balaban J connectivity index is 2.80. The van der Waals surface area contributed by atoms with Crippen LogP contribution < -0.4 is 0 Å². The summed E-state index contributed by atoms with van der Waals surface area (Å²) in [6.07, 6.45) is 11.8. The molecule has 0 aromatic carbocycles. The lowest BCUT2D eigenvalue weighted by Gasteiger charge is -1.93. The van der Waals surface area contributed by atoms with Gasteiger partial charge in [0.1, 0.15) is 0 Å². The number of hydrogen-bond acceptors (Lipinski definition) is 1. The van der Waals surface area contributed by atoms with Gasteiger partial charge in [0.2, 0.25) is 0 Å². The second kappa shape index (κ2) is 4.50. The smallest absolute Gasteiger partial charge is 0.0575 e. The minimum Gasteiger partial charge on any atom is -0.289 e. The Kier molecular flexibility index (Phi) is 3.27. The fourth-order valence-electron chi connectivity index (χ4n) is 0.847. The van der Waals surface area contributed by atoms with Gasteiger partial charge in [0.15, 0.2) is 0 Å². The third kappa shape index (κ3) is 3.15. The maximum absolute atomic E-state index is 4.15. The van der Waals surface area contributed by atoms with Gasteiger partial charge in [-0.2, -0.15) is 0 Å². The molecular formula is C11H13N. The Labute approximate surface area is 73.5 Å². The molecule has 0 spiro atoms. The van der Waals surface area contributed by atoms with Crippen LogP contribution in [0.1, 0.15) is 6.92 Å². The van der Waals surface area contributed by atoms with Crippen LogP contribution in [-0.4, -0.2) is 12.8 Å². The second-order valence-corrected chi connectivity index (χ2v) is 2.73. The minimum atomic E-state index is 0.757. The Morgan fingerprint density at radius 3 is 3.00 bits per heavy atom. The summed E-state index contributed by atoms with van der Waals surface area (Å²) in [5, 5.41) is 0. The highest BCUT2D eigenvalue weighted by atomic mass is 14.7. The summed E-state index contributed by atoms with van der Waals surface area (Å²) in [6, 6.07) is 0. The quantitative estimate of drug-likeness (QED) is 0.515. The zero-order chi connectivity index (χ0) is 8.81. The van der Waals surface area contributed by atoms with Crippen LogP contribution in [0.4, 0.5) is 0 Å². The van der Waals surface area contributed by atoms with Crippen molar-refractivity contribution in [2.75, 3.05) is 6.54 Å². The molecule has 1 heterocycles. The molecule has 0 radical (unpaired) electrons. The van der Waals surface area contributed by atoms with E-state index in [1.165, 1.54) is 5.57 Å². The van der Waals surface area contributed by atoms with Gasteiger partial charge in [-0.15, -0.1) is 0 Å². The van der Waals surface area contributed by atoms with Crippen molar-refractivity contribution in [1.82, 2.24) is 0 Å². The van der Waals surface area contributed by atoms with Crippen molar-refractivity contribution in [1.29, 1.82) is 0 Å². The van der Waals surface area contributed by atoms with Crippen LogP contribution in [0.5, 0.6) is 0 Å². The van der Waals surface area contributed by atoms with E-state index in [1.807, 2.05) is 24.3 Å². The number of hydrogen-bond donors (Lipinski definition) is 0.